The molecule has 3 amide bonds. The highest BCUT2D eigenvalue weighted by Crippen LogP contribution is 2.32. The summed E-state index contributed by atoms with van der Waals surface area (Å²) in [5.74, 6) is -1.81. The number of benzene rings is 2. The summed E-state index contributed by atoms with van der Waals surface area (Å²) in [5, 5.41) is 2.59. The molecular weight excluding hydrogens is 343 g/mol. The second-order valence-corrected chi connectivity index (χ2v) is 5.77. The van der Waals surface area contributed by atoms with Crippen LogP contribution >= 0.6 is 0 Å². The first-order valence-electron chi connectivity index (χ1n) is 7.89. The topological polar surface area (TPSA) is 84.9 Å². The SMILES string of the molecule is O=C(CN1C(=O)c2cccc(F)c2C1=O)Nc1ccc2c(c1)OCCO2. The van der Waals surface area contributed by atoms with Crippen molar-refractivity contribution < 1.29 is 28.2 Å². The average Bonchev–Trinajstić information content (AvgIpc) is 2.87. The molecule has 0 spiro atoms. The molecule has 0 fully saturated rings. The number of rotatable bonds is 3. The van der Waals surface area contributed by atoms with Crippen LogP contribution in [0.2, 0.25) is 0 Å². The second kappa shape index (κ2) is 6.14. The molecule has 0 radical (unpaired) electrons. The Labute approximate surface area is 147 Å². The highest BCUT2D eigenvalue weighted by Gasteiger charge is 2.38. The first-order valence-corrected chi connectivity index (χ1v) is 7.89. The van der Waals surface area contributed by atoms with Gasteiger partial charge < -0.3 is 14.8 Å². The number of hydrogen-bond acceptors (Lipinski definition) is 5. The van der Waals surface area contributed by atoms with Gasteiger partial charge in [-0.3, -0.25) is 19.3 Å². The van der Waals surface area contributed by atoms with Crippen molar-refractivity contribution in [2.45, 2.75) is 0 Å². The molecule has 0 unspecified atom stereocenters. The molecule has 1 N–H and O–H groups in total. The number of carbonyl (C=O) groups is 3. The van der Waals surface area contributed by atoms with Crippen molar-refractivity contribution in [3.05, 3.63) is 53.3 Å². The predicted octanol–water partition coefficient (Wildman–Crippen LogP) is 1.83. The van der Waals surface area contributed by atoms with Gasteiger partial charge in [-0.25, -0.2) is 4.39 Å². The van der Waals surface area contributed by atoms with Crippen LogP contribution in [-0.4, -0.2) is 42.4 Å². The molecule has 2 aliphatic heterocycles. The third-order valence-corrected chi connectivity index (χ3v) is 4.08. The average molecular weight is 356 g/mol. The molecular formula is C18H13FN2O5. The van der Waals surface area contributed by atoms with Crippen molar-refractivity contribution in [2.24, 2.45) is 0 Å². The minimum atomic E-state index is -0.819. The Morgan fingerprint density at radius 2 is 1.85 bits per heavy atom. The zero-order valence-corrected chi connectivity index (χ0v) is 13.5. The van der Waals surface area contributed by atoms with Crippen molar-refractivity contribution in [3.8, 4) is 11.5 Å². The van der Waals surface area contributed by atoms with E-state index in [1.165, 1.54) is 12.1 Å². The molecule has 2 heterocycles. The van der Waals surface area contributed by atoms with Crippen LogP contribution < -0.4 is 14.8 Å². The lowest BCUT2D eigenvalue weighted by Gasteiger charge is -2.19. The number of hydrogen-bond donors (Lipinski definition) is 1. The second-order valence-electron chi connectivity index (χ2n) is 5.77. The van der Waals surface area contributed by atoms with E-state index in [1.54, 1.807) is 18.2 Å². The van der Waals surface area contributed by atoms with Gasteiger partial charge in [0.15, 0.2) is 11.5 Å². The van der Waals surface area contributed by atoms with Gasteiger partial charge in [0.05, 0.1) is 11.1 Å². The first kappa shape index (κ1) is 16.1. The Balaban J connectivity index is 1.48. The van der Waals surface area contributed by atoms with Gasteiger partial charge in [-0.2, -0.15) is 0 Å². The van der Waals surface area contributed by atoms with Crippen LogP contribution in [0.3, 0.4) is 0 Å². The summed E-state index contributed by atoms with van der Waals surface area (Å²) >= 11 is 0. The van der Waals surface area contributed by atoms with Gasteiger partial charge in [-0.05, 0) is 24.3 Å². The van der Waals surface area contributed by atoms with E-state index in [0.29, 0.717) is 30.4 Å². The molecule has 0 aliphatic carbocycles. The van der Waals surface area contributed by atoms with E-state index in [2.05, 4.69) is 5.32 Å². The maximum Gasteiger partial charge on any atom is 0.265 e. The third-order valence-electron chi connectivity index (χ3n) is 4.08. The largest absolute Gasteiger partial charge is 0.486 e. The molecule has 0 saturated carbocycles. The summed E-state index contributed by atoms with van der Waals surface area (Å²) < 4.78 is 24.6. The highest BCUT2D eigenvalue weighted by molar-refractivity contribution is 6.22. The smallest absolute Gasteiger partial charge is 0.265 e. The van der Waals surface area contributed by atoms with Crippen molar-refractivity contribution in [2.75, 3.05) is 25.1 Å². The number of nitrogens with one attached hydrogen (secondary N) is 1. The fraction of sp³-hybridized carbons (Fsp3) is 0.167. The van der Waals surface area contributed by atoms with Crippen LogP contribution in [0.25, 0.3) is 0 Å². The molecule has 7 nitrogen and oxygen atoms in total. The molecule has 0 saturated heterocycles. The van der Waals surface area contributed by atoms with Crippen molar-refractivity contribution in [1.82, 2.24) is 4.90 Å². The Morgan fingerprint density at radius 1 is 1.08 bits per heavy atom. The Morgan fingerprint density at radius 3 is 2.62 bits per heavy atom. The number of fused-ring (bicyclic) bond motifs is 2. The molecule has 2 aromatic rings. The number of imide groups is 1. The number of anilines is 1. The van der Waals surface area contributed by atoms with E-state index in [-0.39, 0.29) is 11.1 Å². The molecule has 132 valence electrons. The van der Waals surface area contributed by atoms with Gasteiger partial charge in [0, 0.05) is 11.8 Å². The fourth-order valence-electron chi connectivity index (χ4n) is 2.90. The summed E-state index contributed by atoms with van der Waals surface area (Å²) in [6, 6.07) is 8.67. The maximum atomic E-state index is 13.8. The van der Waals surface area contributed by atoms with Crippen molar-refractivity contribution >= 4 is 23.4 Å². The number of carbonyl (C=O) groups excluding carboxylic acids is 3. The Bertz CT molecular complexity index is 943. The van der Waals surface area contributed by atoms with Gasteiger partial charge in [-0.15, -0.1) is 0 Å². The maximum absolute atomic E-state index is 13.8. The van der Waals surface area contributed by atoms with Gasteiger partial charge in [0.2, 0.25) is 5.91 Å². The highest BCUT2D eigenvalue weighted by atomic mass is 19.1. The minimum Gasteiger partial charge on any atom is -0.486 e. The van der Waals surface area contributed by atoms with E-state index in [1.807, 2.05) is 0 Å². The molecule has 8 heteroatoms. The van der Waals surface area contributed by atoms with Crippen LogP contribution in [-0.2, 0) is 4.79 Å². The van der Waals surface area contributed by atoms with Gasteiger partial charge in [0.1, 0.15) is 25.6 Å². The van der Waals surface area contributed by atoms with E-state index < -0.39 is 30.1 Å². The quantitative estimate of drug-likeness (QED) is 0.848. The first-order chi connectivity index (χ1) is 12.5. The lowest BCUT2D eigenvalue weighted by atomic mass is 10.1. The molecule has 0 atom stereocenters. The molecule has 0 bridgehead atoms. The third kappa shape index (κ3) is 2.65. The van der Waals surface area contributed by atoms with E-state index in [9.17, 15) is 18.8 Å². The van der Waals surface area contributed by atoms with Gasteiger partial charge >= 0.3 is 0 Å². The number of halogens is 1. The van der Waals surface area contributed by atoms with E-state index in [0.717, 1.165) is 11.0 Å². The summed E-state index contributed by atoms with van der Waals surface area (Å²) in [4.78, 5) is 37.5. The number of nitrogens with zero attached hydrogens (tertiary/aromatic N) is 1. The lowest BCUT2D eigenvalue weighted by Crippen LogP contribution is -2.37. The van der Waals surface area contributed by atoms with Gasteiger partial charge in [-0.1, -0.05) is 6.07 Å². The van der Waals surface area contributed by atoms with Gasteiger partial charge in [0.25, 0.3) is 11.8 Å². The van der Waals surface area contributed by atoms with Crippen LogP contribution in [0.5, 0.6) is 11.5 Å². The number of amides is 3. The lowest BCUT2D eigenvalue weighted by molar-refractivity contribution is -0.116. The van der Waals surface area contributed by atoms with Crippen LogP contribution in [0.4, 0.5) is 10.1 Å². The monoisotopic (exact) mass is 356 g/mol. The molecule has 2 aliphatic rings. The van der Waals surface area contributed by atoms with E-state index in [4.69, 9.17) is 9.47 Å². The fourth-order valence-corrected chi connectivity index (χ4v) is 2.90. The Hall–Kier alpha value is -3.42. The van der Waals surface area contributed by atoms with Crippen LogP contribution in [0.1, 0.15) is 20.7 Å². The standard InChI is InChI=1S/C18H13FN2O5/c19-12-3-1-2-11-16(12)18(24)21(17(11)23)9-15(22)20-10-4-5-13-14(8-10)26-7-6-25-13/h1-5,8H,6-7,9H2,(H,20,22). The van der Waals surface area contributed by atoms with Crippen LogP contribution in [0.15, 0.2) is 36.4 Å². The summed E-state index contributed by atoms with van der Waals surface area (Å²) in [6.45, 7) is 0.347. The zero-order valence-electron chi connectivity index (χ0n) is 13.5. The normalized spacial score (nSPS) is 15.0. The minimum absolute atomic E-state index is 0.0397. The molecule has 26 heavy (non-hydrogen) atoms. The van der Waals surface area contributed by atoms with Crippen LogP contribution in [0, 0.1) is 5.82 Å². The van der Waals surface area contributed by atoms with E-state index >= 15 is 0 Å². The molecule has 2 aromatic carbocycles. The Kier molecular flexibility index (Phi) is 3.80. The van der Waals surface area contributed by atoms with Crippen molar-refractivity contribution in [3.63, 3.8) is 0 Å². The zero-order chi connectivity index (χ0) is 18.3. The number of ether oxygens (including phenoxy) is 2. The molecule has 4 rings (SSSR count). The van der Waals surface area contributed by atoms with Crippen molar-refractivity contribution in [1.29, 1.82) is 0 Å². The summed E-state index contributed by atoms with van der Waals surface area (Å²) in [7, 11) is 0. The predicted molar refractivity (Wildman–Crippen MR) is 87.8 cm³/mol. The summed E-state index contributed by atoms with van der Waals surface area (Å²) in [5.41, 5.74) is 0.0915. The summed E-state index contributed by atoms with van der Waals surface area (Å²) in [6.07, 6.45) is 0. The molecule has 0 aromatic heterocycles.